The molecule has 5 rings (SSSR count). The van der Waals surface area contributed by atoms with Crippen LogP contribution in [0.5, 0.6) is 0 Å². The molecule has 0 N–H and O–H groups in total. The van der Waals surface area contributed by atoms with Crippen molar-refractivity contribution in [2.45, 2.75) is 31.7 Å². The number of imidazole rings is 1. The lowest BCUT2D eigenvalue weighted by molar-refractivity contribution is -0.132. The summed E-state index contributed by atoms with van der Waals surface area (Å²) in [5.41, 5.74) is 2.77. The molecule has 0 saturated carbocycles. The predicted molar refractivity (Wildman–Crippen MR) is 108 cm³/mol. The molecule has 0 bridgehead atoms. The van der Waals surface area contributed by atoms with Gasteiger partial charge in [-0.1, -0.05) is 6.07 Å². The van der Waals surface area contributed by atoms with Crippen molar-refractivity contribution >= 4 is 17.2 Å². The quantitative estimate of drug-likeness (QED) is 0.669. The molecule has 2 aliphatic rings. The first-order valence-electron chi connectivity index (χ1n) is 10.3. The van der Waals surface area contributed by atoms with E-state index in [1.807, 2.05) is 34.3 Å². The summed E-state index contributed by atoms with van der Waals surface area (Å²) in [6.07, 6.45) is 10.3. The molecule has 29 heavy (non-hydrogen) atoms. The molecule has 0 spiro atoms. The van der Waals surface area contributed by atoms with Gasteiger partial charge in [0.05, 0.1) is 17.9 Å². The van der Waals surface area contributed by atoms with Crippen LogP contribution < -0.4 is 4.90 Å². The summed E-state index contributed by atoms with van der Waals surface area (Å²) in [5, 5.41) is 0. The Balaban J connectivity index is 1.21. The Morgan fingerprint density at radius 3 is 3.00 bits per heavy atom. The van der Waals surface area contributed by atoms with Crippen molar-refractivity contribution in [2.75, 3.05) is 24.5 Å². The van der Waals surface area contributed by atoms with E-state index in [0.29, 0.717) is 25.3 Å². The summed E-state index contributed by atoms with van der Waals surface area (Å²) in [6.45, 7) is 2.02. The zero-order valence-electron chi connectivity index (χ0n) is 16.2. The number of carbonyl (C=O) groups excluding carboxylic acids is 1. The average molecular weight is 393 g/mol. The fraction of sp³-hybridized carbons (Fsp3) is 0.409. The van der Waals surface area contributed by atoms with Crippen LogP contribution >= 0.6 is 0 Å². The van der Waals surface area contributed by atoms with Crippen LogP contribution in [0.2, 0.25) is 0 Å². The maximum Gasteiger partial charge on any atom is 0.226 e. The third kappa shape index (κ3) is 3.34. The van der Waals surface area contributed by atoms with E-state index in [1.54, 1.807) is 12.3 Å². The van der Waals surface area contributed by atoms with Gasteiger partial charge in [0.15, 0.2) is 5.82 Å². The first kappa shape index (κ1) is 18.1. The number of rotatable bonds is 5. The van der Waals surface area contributed by atoms with Crippen molar-refractivity contribution < 1.29 is 9.18 Å². The highest BCUT2D eigenvalue weighted by molar-refractivity contribution is 5.82. The molecule has 5 heterocycles. The number of hydrogen-bond acceptors (Lipinski definition) is 4. The van der Waals surface area contributed by atoms with Crippen LogP contribution in [-0.2, 0) is 11.2 Å². The second kappa shape index (κ2) is 7.46. The van der Waals surface area contributed by atoms with Crippen LogP contribution in [0.3, 0.4) is 0 Å². The lowest BCUT2D eigenvalue weighted by atomic mass is 9.97. The smallest absolute Gasteiger partial charge is 0.226 e. The molecule has 3 aromatic rings. The number of pyridine rings is 2. The first-order valence-corrected chi connectivity index (χ1v) is 10.3. The summed E-state index contributed by atoms with van der Waals surface area (Å²) in [5.74, 6) is 0.0467. The minimum absolute atomic E-state index is 0.0734. The highest BCUT2D eigenvalue weighted by Gasteiger charge is 2.42. The number of carbonyl (C=O) groups is 1. The van der Waals surface area contributed by atoms with Gasteiger partial charge in [0, 0.05) is 49.8 Å². The van der Waals surface area contributed by atoms with E-state index in [1.165, 1.54) is 11.9 Å². The van der Waals surface area contributed by atoms with Gasteiger partial charge in [-0.2, -0.15) is 0 Å². The second-order valence-corrected chi connectivity index (χ2v) is 7.96. The third-order valence-corrected chi connectivity index (χ3v) is 6.26. The fourth-order valence-electron chi connectivity index (χ4n) is 4.84. The summed E-state index contributed by atoms with van der Waals surface area (Å²) in [4.78, 5) is 25.1. The Morgan fingerprint density at radius 2 is 2.10 bits per heavy atom. The minimum atomic E-state index is -0.296. The zero-order chi connectivity index (χ0) is 19.8. The van der Waals surface area contributed by atoms with Crippen molar-refractivity contribution in [3.63, 3.8) is 0 Å². The van der Waals surface area contributed by atoms with Crippen LogP contribution in [0.1, 0.15) is 25.0 Å². The normalized spacial score (nSPS) is 21.8. The van der Waals surface area contributed by atoms with Gasteiger partial charge in [-0.05, 0) is 43.9 Å². The molecule has 3 aromatic heterocycles. The van der Waals surface area contributed by atoms with Gasteiger partial charge >= 0.3 is 0 Å². The van der Waals surface area contributed by atoms with Crippen LogP contribution in [0.15, 0.2) is 49.1 Å². The van der Waals surface area contributed by atoms with Gasteiger partial charge in [-0.15, -0.1) is 0 Å². The van der Waals surface area contributed by atoms with Crippen molar-refractivity contribution in [1.82, 2.24) is 19.3 Å². The van der Waals surface area contributed by atoms with E-state index in [2.05, 4.69) is 20.4 Å². The van der Waals surface area contributed by atoms with Crippen molar-refractivity contribution in [3.05, 3.63) is 60.6 Å². The Hall–Kier alpha value is -2.96. The van der Waals surface area contributed by atoms with Crippen LogP contribution in [0.4, 0.5) is 10.1 Å². The van der Waals surface area contributed by atoms with E-state index in [9.17, 15) is 9.18 Å². The molecule has 150 valence electrons. The maximum atomic E-state index is 14.1. The van der Waals surface area contributed by atoms with Gasteiger partial charge in [-0.3, -0.25) is 9.78 Å². The van der Waals surface area contributed by atoms with Crippen LogP contribution in [-0.4, -0.2) is 50.9 Å². The average Bonchev–Trinajstić information content (AvgIpc) is 3.33. The number of fused-ring (bicyclic) bond motifs is 2. The number of amides is 1. The molecule has 2 fully saturated rings. The molecular formula is C22H24FN5O. The standard InChI is InChI=1S/C22H24FN5O/c23-19-14-24-8-7-20(19)26-11-12-28-18(15-26)13-16(22(28)29)3-1-4-17-5-2-6-21-25-9-10-27(17)21/h2,5-10,14,16,18H,1,3-4,11-13,15H2/t16?,18-/m0/s1. The predicted octanol–water partition coefficient (Wildman–Crippen LogP) is 2.93. The monoisotopic (exact) mass is 393 g/mol. The van der Waals surface area contributed by atoms with E-state index < -0.39 is 0 Å². The van der Waals surface area contributed by atoms with E-state index in [0.717, 1.165) is 31.3 Å². The molecule has 6 nitrogen and oxygen atoms in total. The number of hydrogen-bond donors (Lipinski definition) is 0. The van der Waals surface area contributed by atoms with Gasteiger partial charge < -0.3 is 14.2 Å². The second-order valence-electron chi connectivity index (χ2n) is 7.96. The Kier molecular flexibility index (Phi) is 4.66. The maximum absolute atomic E-state index is 14.1. The highest BCUT2D eigenvalue weighted by atomic mass is 19.1. The summed E-state index contributed by atoms with van der Waals surface area (Å²) < 4.78 is 16.2. The Labute approximate surface area is 169 Å². The van der Waals surface area contributed by atoms with Crippen LogP contribution in [0.25, 0.3) is 5.65 Å². The van der Waals surface area contributed by atoms with Crippen molar-refractivity contribution in [3.8, 4) is 0 Å². The molecular weight excluding hydrogens is 369 g/mol. The zero-order valence-corrected chi connectivity index (χ0v) is 16.2. The topological polar surface area (TPSA) is 53.7 Å². The molecule has 1 amide bonds. The largest absolute Gasteiger partial charge is 0.365 e. The van der Waals surface area contributed by atoms with Gasteiger partial charge in [0.2, 0.25) is 5.91 Å². The van der Waals surface area contributed by atoms with Crippen molar-refractivity contribution in [2.24, 2.45) is 5.92 Å². The molecule has 0 aromatic carbocycles. The first-order chi connectivity index (χ1) is 14.2. The molecule has 2 aliphatic heterocycles. The van der Waals surface area contributed by atoms with E-state index >= 15 is 0 Å². The third-order valence-electron chi connectivity index (χ3n) is 6.26. The summed E-state index contributed by atoms with van der Waals surface area (Å²) >= 11 is 0. The fourth-order valence-corrected chi connectivity index (χ4v) is 4.84. The molecule has 7 heteroatoms. The lowest BCUT2D eigenvalue weighted by Crippen LogP contribution is -2.51. The number of aryl methyl sites for hydroxylation is 1. The minimum Gasteiger partial charge on any atom is -0.365 e. The van der Waals surface area contributed by atoms with Crippen molar-refractivity contribution in [1.29, 1.82) is 0 Å². The number of nitrogens with zero attached hydrogens (tertiary/aromatic N) is 5. The molecule has 0 aliphatic carbocycles. The number of aromatic nitrogens is 3. The summed E-state index contributed by atoms with van der Waals surface area (Å²) in [6, 6.07) is 8.04. The van der Waals surface area contributed by atoms with Gasteiger partial charge in [-0.25, -0.2) is 9.37 Å². The number of halogens is 1. The molecule has 0 radical (unpaired) electrons. The molecule has 1 unspecified atom stereocenters. The SMILES string of the molecule is O=C1C(CCCc2cccc3nccn23)C[C@H]2CN(c3ccncc3F)CCN12. The Bertz CT molecular complexity index is 1030. The van der Waals surface area contributed by atoms with Gasteiger partial charge in [0.1, 0.15) is 5.65 Å². The molecule has 2 saturated heterocycles. The van der Waals surface area contributed by atoms with Gasteiger partial charge in [0.25, 0.3) is 0 Å². The summed E-state index contributed by atoms with van der Waals surface area (Å²) in [7, 11) is 0. The van der Waals surface area contributed by atoms with E-state index in [-0.39, 0.29) is 23.7 Å². The van der Waals surface area contributed by atoms with E-state index in [4.69, 9.17) is 0 Å². The lowest BCUT2D eigenvalue weighted by Gasteiger charge is -2.38. The number of piperazine rings is 1. The number of anilines is 1. The molecule has 2 atom stereocenters. The van der Waals surface area contributed by atoms with Crippen LogP contribution in [0, 0.1) is 11.7 Å². The Morgan fingerprint density at radius 1 is 1.17 bits per heavy atom. The highest BCUT2D eigenvalue weighted by Crippen LogP contribution is 2.33.